The Kier molecular flexibility index (Phi) is 3.49. The van der Waals surface area contributed by atoms with Crippen LogP contribution in [0.15, 0.2) is 12.3 Å². The molecule has 94 valence electrons. The molecule has 0 amide bonds. The van der Waals surface area contributed by atoms with Crippen molar-refractivity contribution in [3.63, 3.8) is 0 Å². The van der Waals surface area contributed by atoms with Gasteiger partial charge in [0.1, 0.15) is 5.82 Å². The highest BCUT2D eigenvalue weighted by atomic mass is 35.5. The maximum Gasteiger partial charge on any atom is 0.250 e. The number of ether oxygens (including phenoxy) is 1. The first-order valence-electron chi connectivity index (χ1n) is 5.40. The largest absolute Gasteiger partial charge is 0.475 e. The predicted molar refractivity (Wildman–Crippen MR) is 60.2 cm³/mol. The smallest absolute Gasteiger partial charge is 0.250 e. The van der Waals surface area contributed by atoms with Crippen LogP contribution < -0.4 is 10.1 Å². The monoisotopic (exact) mass is 262 g/mol. The van der Waals surface area contributed by atoms with E-state index in [1.807, 2.05) is 0 Å². The number of rotatable bonds is 3. The molecule has 0 radical (unpaired) electrons. The number of fused-ring (bicyclic) bond motifs is 1. The van der Waals surface area contributed by atoms with Crippen LogP contribution in [0.25, 0.3) is 0 Å². The van der Waals surface area contributed by atoms with E-state index in [-0.39, 0.29) is 18.3 Å². The highest BCUT2D eigenvalue weighted by molar-refractivity contribution is 5.85. The summed E-state index contributed by atoms with van der Waals surface area (Å²) in [6, 6.07) is 0.789. The Balaban J connectivity index is 0.00000108. The molecule has 3 atom stereocenters. The van der Waals surface area contributed by atoms with Gasteiger partial charge in [-0.05, 0) is 24.9 Å². The first-order chi connectivity index (χ1) is 7.75. The molecule has 3 nitrogen and oxygen atoms in total. The van der Waals surface area contributed by atoms with E-state index in [1.165, 1.54) is 0 Å². The van der Waals surface area contributed by atoms with E-state index >= 15 is 0 Å². The van der Waals surface area contributed by atoms with Gasteiger partial charge in [0.25, 0.3) is 5.88 Å². The SMILES string of the molecule is Cl.Fc1cnc(OC[C@@H]2[C@@H]3CNC[C@@H]32)c(F)c1. The molecule has 1 aromatic heterocycles. The third-order valence-electron chi connectivity index (χ3n) is 3.46. The normalized spacial score (nSPS) is 29.4. The molecular weight excluding hydrogens is 250 g/mol. The van der Waals surface area contributed by atoms with Gasteiger partial charge in [0.2, 0.25) is 0 Å². The van der Waals surface area contributed by atoms with Crippen molar-refractivity contribution in [2.24, 2.45) is 17.8 Å². The van der Waals surface area contributed by atoms with Crippen molar-refractivity contribution in [1.29, 1.82) is 0 Å². The minimum atomic E-state index is -0.732. The minimum Gasteiger partial charge on any atom is -0.475 e. The van der Waals surface area contributed by atoms with E-state index in [4.69, 9.17) is 4.74 Å². The molecule has 1 aromatic rings. The molecule has 1 saturated heterocycles. The van der Waals surface area contributed by atoms with Crippen molar-refractivity contribution in [2.75, 3.05) is 19.7 Å². The summed E-state index contributed by atoms with van der Waals surface area (Å²) in [5, 5.41) is 3.27. The van der Waals surface area contributed by atoms with E-state index in [9.17, 15) is 8.78 Å². The molecule has 0 aromatic carbocycles. The molecule has 1 N–H and O–H groups in total. The lowest BCUT2D eigenvalue weighted by Crippen LogP contribution is -2.18. The Bertz CT molecular complexity index is 408. The number of hydrogen-bond donors (Lipinski definition) is 1. The third-order valence-corrected chi connectivity index (χ3v) is 3.46. The highest BCUT2D eigenvalue weighted by Crippen LogP contribution is 2.48. The number of piperidine rings is 1. The topological polar surface area (TPSA) is 34.1 Å². The number of nitrogens with one attached hydrogen (secondary N) is 1. The summed E-state index contributed by atoms with van der Waals surface area (Å²) < 4.78 is 31.0. The van der Waals surface area contributed by atoms with E-state index in [2.05, 4.69) is 10.3 Å². The maximum atomic E-state index is 13.2. The number of aromatic nitrogens is 1. The fourth-order valence-electron chi connectivity index (χ4n) is 2.48. The molecule has 0 bridgehead atoms. The van der Waals surface area contributed by atoms with E-state index in [1.54, 1.807) is 0 Å². The minimum absolute atomic E-state index is 0. The van der Waals surface area contributed by atoms with Crippen LogP contribution in [0, 0.1) is 29.4 Å². The second kappa shape index (κ2) is 4.74. The van der Waals surface area contributed by atoms with Crippen molar-refractivity contribution >= 4 is 12.4 Å². The average Bonchev–Trinajstić information content (AvgIpc) is 2.71. The Morgan fingerprint density at radius 1 is 1.35 bits per heavy atom. The summed E-state index contributed by atoms with van der Waals surface area (Å²) in [7, 11) is 0. The molecule has 2 fully saturated rings. The predicted octanol–water partition coefficient (Wildman–Crippen LogP) is 1.63. The van der Waals surface area contributed by atoms with Gasteiger partial charge in [0, 0.05) is 12.0 Å². The molecule has 2 aliphatic rings. The van der Waals surface area contributed by atoms with Gasteiger partial charge in [0.05, 0.1) is 12.8 Å². The summed E-state index contributed by atoms with van der Waals surface area (Å²) >= 11 is 0. The molecule has 0 spiro atoms. The summed E-state index contributed by atoms with van der Waals surface area (Å²) in [4.78, 5) is 3.58. The lowest BCUT2D eigenvalue weighted by atomic mass is 10.3. The zero-order valence-corrected chi connectivity index (χ0v) is 9.84. The van der Waals surface area contributed by atoms with Crippen LogP contribution in [0.4, 0.5) is 8.78 Å². The van der Waals surface area contributed by atoms with Crippen molar-refractivity contribution in [1.82, 2.24) is 10.3 Å². The summed E-state index contributed by atoms with van der Waals surface area (Å²) in [5.41, 5.74) is 0. The summed E-state index contributed by atoms with van der Waals surface area (Å²) in [6.07, 6.45) is 0.966. The van der Waals surface area contributed by atoms with Crippen LogP contribution in [0.5, 0.6) is 5.88 Å². The molecule has 3 rings (SSSR count). The first-order valence-corrected chi connectivity index (χ1v) is 5.40. The highest BCUT2D eigenvalue weighted by Gasteiger charge is 2.53. The van der Waals surface area contributed by atoms with Crippen molar-refractivity contribution in [3.8, 4) is 5.88 Å². The summed E-state index contributed by atoms with van der Waals surface area (Å²) in [5.74, 6) is 0.333. The van der Waals surface area contributed by atoms with Gasteiger partial charge in [0.15, 0.2) is 5.82 Å². The summed E-state index contributed by atoms with van der Waals surface area (Å²) in [6.45, 7) is 2.53. The van der Waals surface area contributed by atoms with Crippen LogP contribution in [0.2, 0.25) is 0 Å². The lowest BCUT2D eigenvalue weighted by molar-refractivity contribution is 0.256. The van der Waals surface area contributed by atoms with E-state index in [0.717, 1.165) is 25.4 Å². The Hall–Kier alpha value is -0.940. The van der Waals surface area contributed by atoms with Crippen molar-refractivity contribution < 1.29 is 13.5 Å². The van der Waals surface area contributed by atoms with E-state index < -0.39 is 11.6 Å². The second-order valence-corrected chi connectivity index (χ2v) is 4.40. The van der Waals surface area contributed by atoms with Gasteiger partial charge >= 0.3 is 0 Å². The molecule has 6 heteroatoms. The van der Waals surface area contributed by atoms with Crippen LogP contribution in [0.3, 0.4) is 0 Å². The van der Waals surface area contributed by atoms with Gasteiger partial charge in [-0.25, -0.2) is 13.8 Å². The number of halogens is 3. The van der Waals surface area contributed by atoms with Crippen molar-refractivity contribution in [3.05, 3.63) is 23.9 Å². The quantitative estimate of drug-likeness (QED) is 0.899. The average molecular weight is 263 g/mol. The first kappa shape index (κ1) is 12.5. The van der Waals surface area contributed by atoms with Crippen LogP contribution >= 0.6 is 12.4 Å². The number of pyridine rings is 1. The molecule has 2 heterocycles. The Morgan fingerprint density at radius 2 is 2.06 bits per heavy atom. The molecule has 1 aliphatic heterocycles. The zero-order valence-electron chi connectivity index (χ0n) is 9.03. The second-order valence-electron chi connectivity index (χ2n) is 4.40. The van der Waals surface area contributed by atoms with Crippen LogP contribution in [0.1, 0.15) is 0 Å². The number of hydrogen-bond acceptors (Lipinski definition) is 3. The molecule has 1 aliphatic carbocycles. The third kappa shape index (κ3) is 2.35. The molecular formula is C11H13ClF2N2O. The van der Waals surface area contributed by atoms with E-state index in [0.29, 0.717) is 24.4 Å². The molecule has 1 saturated carbocycles. The Morgan fingerprint density at radius 3 is 2.71 bits per heavy atom. The standard InChI is InChI=1S/C11H12F2N2O.ClH/c12-6-1-10(13)11(15-2-6)16-5-9-7-3-14-4-8(7)9;/h1-2,7-9,14H,3-5H2;1H/t7-,8+,9-;. The fraction of sp³-hybridized carbons (Fsp3) is 0.545. The van der Waals surface area contributed by atoms with Gasteiger partial charge in [-0.3, -0.25) is 0 Å². The zero-order chi connectivity index (χ0) is 11.1. The fourth-order valence-corrected chi connectivity index (χ4v) is 2.48. The number of nitrogens with zero attached hydrogens (tertiary/aromatic N) is 1. The Labute approximate surface area is 104 Å². The molecule has 0 unspecified atom stereocenters. The van der Waals surface area contributed by atoms with Crippen molar-refractivity contribution in [2.45, 2.75) is 0 Å². The maximum absolute atomic E-state index is 13.2. The van der Waals surface area contributed by atoms with Crippen LogP contribution in [-0.4, -0.2) is 24.7 Å². The lowest BCUT2D eigenvalue weighted by Gasteiger charge is -2.07. The van der Waals surface area contributed by atoms with Gasteiger partial charge in [-0.15, -0.1) is 12.4 Å². The molecule has 17 heavy (non-hydrogen) atoms. The van der Waals surface area contributed by atoms with Crippen LogP contribution in [-0.2, 0) is 0 Å². The van der Waals surface area contributed by atoms with Gasteiger partial charge < -0.3 is 10.1 Å². The van der Waals surface area contributed by atoms with Gasteiger partial charge in [-0.2, -0.15) is 0 Å². The van der Waals surface area contributed by atoms with Gasteiger partial charge in [-0.1, -0.05) is 0 Å².